The Hall–Kier alpha value is -2.79. The first kappa shape index (κ1) is 19.5. The van der Waals surface area contributed by atoms with Gasteiger partial charge in [-0.2, -0.15) is 22.5 Å². The highest BCUT2D eigenvalue weighted by Gasteiger charge is 2.63. The van der Waals surface area contributed by atoms with Crippen molar-refractivity contribution >= 4 is 17.0 Å². The molecule has 4 heterocycles. The number of hydrogen-bond acceptors (Lipinski definition) is 7. The van der Waals surface area contributed by atoms with E-state index in [1.165, 1.54) is 0 Å². The molecule has 0 radical (unpaired) electrons. The Bertz CT molecular complexity index is 1050. The minimum atomic E-state index is -4.16. The molecule has 1 aliphatic rings. The minimum absolute atomic E-state index is 0.0303. The van der Waals surface area contributed by atoms with Crippen LogP contribution in [-0.4, -0.2) is 55.0 Å². The summed E-state index contributed by atoms with van der Waals surface area (Å²) in [7, 11) is 0. The molecule has 1 saturated heterocycles. The number of aromatic amines is 1. The zero-order valence-corrected chi connectivity index (χ0v) is 16.2. The average molecular weight is 413 g/mol. The van der Waals surface area contributed by atoms with Crippen molar-refractivity contribution in [3.63, 3.8) is 0 Å². The number of alkyl halides is 4. The van der Waals surface area contributed by atoms with Crippen LogP contribution >= 0.6 is 0 Å². The molecular formula is C17H19F4N7O. The Balaban J connectivity index is 1.81. The highest BCUT2D eigenvalue weighted by atomic mass is 19.3. The van der Waals surface area contributed by atoms with Gasteiger partial charge in [0.25, 0.3) is 0 Å². The van der Waals surface area contributed by atoms with E-state index in [-0.39, 0.29) is 23.4 Å². The molecular weight excluding hydrogens is 394 g/mol. The Labute approximate surface area is 162 Å². The van der Waals surface area contributed by atoms with Gasteiger partial charge in [-0.05, 0) is 6.92 Å². The lowest BCUT2D eigenvalue weighted by molar-refractivity contribution is -0.172. The number of anilines is 1. The number of nitrogens with one attached hydrogen (secondary N) is 1. The summed E-state index contributed by atoms with van der Waals surface area (Å²) in [4.78, 5) is 21.0. The van der Waals surface area contributed by atoms with Crippen molar-refractivity contribution in [2.24, 2.45) is 0 Å². The molecule has 156 valence electrons. The van der Waals surface area contributed by atoms with Crippen molar-refractivity contribution in [1.29, 1.82) is 0 Å². The van der Waals surface area contributed by atoms with Gasteiger partial charge in [-0.3, -0.25) is 0 Å². The highest BCUT2D eigenvalue weighted by molar-refractivity contribution is 5.84. The molecule has 29 heavy (non-hydrogen) atoms. The molecule has 0 aliphatic carbocycles. The zero-order valence-electron chi connectivity index (χ0n) is 16.2. The van der Waals surface area contributed by atoms with Crippen LogP contribution in [0.5, 0.6) is 0 Å². The molecule has 12 heteroatoms. The summed E-state index contributed by atoms with van der Waals surface area (Å²) in [6.45, 7) is 4.87. The van der Waals surface area contributed by atoms with Crippen molar-refractivity contribution in [1.82, 2.24) is 30.1 Å². The van der Waals surface area contributed by atoms with Gasteiger partial charge in [0.2, 0.25) is 5.89 Å². The zero-order chi connectivity index (χ0) is 21.2. The van der Waals surface area contributed by atoms with E-state index in [1.807, 2.05) is 20.8 Å². The van der Waals surface area contributed by atoms with Gasteiger partial charge in [0.15, 0.2) is 17.3 Å². The molecule has 0 saturated carbocycles. The van der Waals surface area contributed by atoms with E-state index < -0.39 is 30.3 Å². The molecule has 3 aromatic heterocycles. The largest absolute Gasteiger partial charge is 0.342 e. The Morgan fingerprint density at radius 2 is 1.69 bits per heavy atom. The molecule has 0 unspecified atom stereocenters. The number of aromatic nitrogens is 6. The molecule has 1 N–H and O–H groups in total. The lowest BCUT2D eigenvalue weighted by Gasteiger charge is -2.21. The first-order valence-electron chi connectivity index (χ1n) is 8.93. The van der Waals surface area contributed by atoms with Gasteiger partial charge in [-0.15, -0.1) is 0 Å². The van der Waals surface area contributed by atoms with E-state index in [0.29, 0.717) is 23.4 Å². The summed E-state index contributed by atoms with van der Waals surface area (Å²) in [5, 5.41) is 3.69. The standard InChI is InChI=1S/C17H19F4N7O/c1-8-22-10(29-27-8)5-9-23-11-12(24-9)25-14(15(2,3)4)26-13(11)28-6-16(18,19)17(20,21)7-28/h5-7H2,1-4H3,(H,23,24,25,26). The van der Waals surface area contributed by atoms with E-state index in [9.17, 15) is 17.6 Å². The Morgan fingerprint density at radius 3 is 2.24 bits per heavy atom. The first-order chi connectivity index (χ1) is 13.4. The third-order valence-electron chi connectivity index (χ3n) is 4.55. The van der Waals surface area contributed by atoms with Crippen molar-refractivity contribution in [3.05, 3.63) is 23.4 Å². The summed E-state index contributed by atoms with van der Waals surface area (Å²) < 4.78 is 60.3. The molecule has 1 fully saturated rings. The van der Waals surface area contributed by atoms with Crippen molar-refractivity contribution in [2.45, 2.75) is 51.4 Å². The van der Waals surface area contributed by atoms with Crippen LogP contribution in [0.15, 0.2) is 4.52 Å². The summed E-state index contributed by atoms with van der Waals surface area (Å²) >= 11 is 0. The molecule has 0 aromatic carbocycles. The van der Waals surface area contributed by atoms with E-state index in [4.69, 9.17) is 4.52 Å². The number of halogens is 4. The van der Waals surface area contributed by atoms with Crippen LogP contribution in [0.4, 0.5) is 23.4 Å². The van der Waals surface area contributed by atoms with Gasteiger partial charge >= 0.3 is 11.8 Å². The van der Waals surface area contributed by atoms with E-state index in [2.05, 4.69) is 30.1 Å². The van der Waals surface area contributed by atoms with Crippen LogP contribution in [0, 0.1) is 6.92 Å². The molecule has 8 nitrogen and oxygen atoms in total. The van der Waals surface area contributed by atoms with Crippen LogP contribution in [-0.2, 0) is 11.8 Å². The molecule has 4 rings (SSSR count). The summed E-state index contributed by atoms with van der Waals surface area (Å²) in [6.07, 6.45) is 0.147. The average Bonchev–Trinajstić information content (AvgIpc) is 3.22. The van der Waals surface area contributed by atoms with E-state index >= 15 is 0 Å². The molecule has 0 bridgehead atoms. The van der Waals surface area contributed by atoms with E-state index in [1.54, 1.807) is 6.92 Å². The predicted molar refractivity (Wildman–Crippen MR) is 94.3 cm³/mol. The lowest BCUT2D eigenvalue weighted by Crippen LogP contribution is -2.38. The first-order valence-corrected chi connectivity index (χ1v) is 8.93. The van der Waals surface area contributed by atoms with Crippen molar-refractivity contribution in [2.75, 3.05) is 18.0 Å². The quantitative estimate of drug-likeness (QED) is 0.660. The molecule has 0 amide bonds. The normalized spacial score (nSPS) is 18.7. The summed E-state index contributed by atoms with van der Waals surface area (Å²) in [5.74, 6) is -6.91. The van der Waals surface area contributed by atoms with Gasteiger partial charge in [-0.25, -0.2) is 15.0 Å². The van der Waals surface area contributed by atoms with Gasteiger partial charge in [-0.1, -0.05) is 25.9 Å². The fourth-order valence-corrected chi connectivity index (χ4v) is 3.05. The monoisotopic (exact) mass is 413 g/mol. The van der Waals surface area contributed by atoms with Crippen LogP contribution in [0.1, 0.15) is 44.1 Å². The van der Waals surface area contributed by atoms with Crippen LogP contribution in [0.3, 0.4) is 0 Å². The summed E-state index contributed by atoms with van der Waals surface area (Å²) in [5.41, 5.74) is -0.140. The van der Waals surface area contributed by atoms with Crippen LogP contribution in [0.25, 0.3) is 11.2 Å². The number of H-pyrrole nitrogens is 1. The molecule has 3 aromatic rings. The number of aryl methyl sites for hydroxylation is 1. The van der Waals surface area contributed by atoms with Crippen LogP contribution in [0.2, 0.25) is 0 Å². The Morgan fingerprint density at radius 1 is 1.03 bits per heavy atom. The van der Waals surface area contributed by atoms with Crippen LogP contribution < -0.4 is 4.90 Å². The number of hydrogen-bond donors (Lipinski definition) is 1. The maximum atomic E-state index is 13.8. The number of nitrogens with zero attached hydrogens (tertiary/aromatic N) is 6. The molecule has 1 aliphatic heterocycles. The number of rotatable bonds is 3. The Kier molecular flexibility index (Phi) is 4.11. The van der Waals surface area contributed by atoms with Gasteiger partial charge in [0, 0.05) is 5.41 Å². The number of fused-ring (bicyclic) bond motifs is 1. The number of imidazole rings is 1. The topological polar surface area (TPSA) is 96.6 Å². The third kappa shape index (κ3) is 3.40. The SMILES string of the molecule is Cc1noc(Cc2nc3nc(C(C)(C)C)nc(N4CC(F)(F)C(F)(F)C4)c3[nH]2)n1. The fraction of sp³-hybridized carbons (Fsp3) is 0.588. The van der Waals surface area contributed by atoms with E-state index in [0.717, 1.165) is 4.90 Å². The molecule has 0 spiro atoms. The predicted octanol–water partition coefficient (Wildman–Crippen LogP) is 3.02. The van der Waals surface area contributed by atoms with Gasteiger partial charge in [0.05, 0.1) is 19.5 Å². The maximum Gasteiger partial charge on any atom is 0.329 e. The lowest BCUT2D eigenvalue weighted by atomic mass is 9.96. The smallest absolute Gasteiger partial charge is 0.329 e. The van der Waals surface area contributed by atoms with Crippen molar-refractivity contribution in [3.8, 4) is 0 Å². The van der Waals surface area contributed by atoms with Gasteiger partial charge < -0.3 is 14.4 Å². The second-order valence-corrected chi connectivity index (χ2v) is 8.18. The minimum Gasteiger partial charge on any atom is -0.342 e. The summed E-state index contributed by atoms with van der Waals surface area (Å²) in [6, 6.07) is 0. The second-order valence-electron chi connectivity index (χ2n) is 8.18. The fourth-order valence-electron chi connectivity index (χ4n) is 3.05. The maximum absolute atomic E-state index is 13.8. The second kappa shape index (κ2) is 6.10. The van der Waals surface area contributed by atoms with Crippen molar-refractivity contribution < 1.29 is 22.1 Å². The third-order valence-corrected chi connectivity index (χ3v) is 4.55. The highest BCUT2D eigenvalue weighted by Crippen LogP contribution is 2.43. The van der Waals surface area contributed by atoms with Gasteiger partial charge in [0.1, 0.15) is 17.2 Å². The molecule has 0 atom stereocenters.